The molecular formula is C15H21NO4. The molecule has 1 atom stereocenters. The predicted molar refractivity (Wildman–Crippen MR) is 75.3 cm³/mol. The van der Waals surface area contributed by atoms with E-state index in [0.717, 1.165) is 5.56 Å². The summed E-state index contributed by atoms with van der Waals surface area (Å²) in [5.41, 5.74) is 1.45. The van der Waals surface area contributed by atoms with Gasteiger partial charge in [-0.25, -0.2) is 0 Å². The lowest BCUT2D eigenvalue weighted by molar-refractivity contribution is -0.145. The first kappa shape index (κ1) is 16.2. The van der Waals surface area contributed by atoms with Gasteiger partial charge in [-0.2, -0.15) is 0 Å². The van der Waals surface area contributed by atoms with Crippen LogP contribution in [0.25, 0.3) is 0 Å². The zero-order valence-electron chi connectivity index (χ0n) is 12.1. The Labute approximate surface area is 119 Å². The molecular weight excluding hydrogens is 258 g/mol. The van der Waals surface area contributed by atoms with Crippen molar-refractivity contribution in [2.24, 2.45) is 5.92 Å². The minimum atomic E-state index is -0.431. The molecule has 1 rings (SSSR count). The number of carbonyl (C=O) groups excluding carboxylic acids is 2. The molecule has 110 valence electrons. The lowest BCUT2D eigenvalue weighted by Gasteiger charge is -2.25. The lowest BCUT2D eigenvalue weighted by atomic mass is 10.1. The molecule has 0 saturated heterocycles. The number of nitrogens with zero attached hydrogens (tertiary/aromatic N) is 1. The van der Waals surface area contributed by atoms with Crippen LogP contribution in [0, 0.1) is 12.8 Å². The number of aliphatic hydroxyl groups excluding tert-OH is 1. The van der Waals surface area contributed by atoms with Crippen LogP contribution in [0.5, 0.6) is 0 Å². The average Bonchev–Trinajstić information content (AvgIpc) is 2.45. The Morgan fingerprint density at radius 3 is 2.55 bits per heavy atom. The maximum Gasteiger partial charge on any atom is 0.310 e. The molecule has 0 aliphatic rings. The van der Waals surface area contributed by atoms with Crippen molar-refractivity contribution in [1.29, 1.82) is 0 Å². The van der Waals surface area contributed by atoms with Gasteiger partial charge >= 0.3 is 5.97 Å². The van der Waals surface area contributed by atoms with Crippen LogP contribution in [0.3, 0.4) is 0 Å². The third kappa shape index (κ3) is 4.06. The summed E-state index contributed by atoms with van der Waals surface area (Å²) in [7, 11) is 1.32. The predicted octanol–water partition coefficient (Wildman–Crippen LogP) is 1.24. The molecule has 5 heteroatoms. The Morgan fingerprint density at radius 2 is 2.00 bits per heavy atom. The molecule has 1 amide bonds. The first-order valence-corrected chi connectivity index (χ1v) is 6.54. The van der Waals surface area contributed by atoms with Crippen LogP contribution in [0.15, 0.2) is 24.3 Å². The van der Waals surface area contributed by atoms with Gasteiger partial charge in [-0.1, -0.05) is 25.1 Å². The van der Waals surface area contributed by atoms with Crippen molar-refractivity contribution in [3.63, 3.8) is 0 Å². The van der Waals surface area contributed by atoms with E-state index in [0.29, 0.717) is 5.56 Å². The summed E-state index contributed by atoms with van der Waals surface area (Å²) < 4.78 is 4.66. The van der Waals surface area contributed by atoms with E-state index < -0.39 is 5.92 Å². The first-order valence-electron chi connectivity index (χ1n) is 6.54. The van der Waals surface area contributed by atoms with E-state index >= 15 is 0 Å². The highest BCUT2D eigenvalue weighted by Gasteiger charge is 2.22. The zero-order valence-corrected chi connectivity index (χ0v) is 12.1. The Morgan fingerprint density at radius 1 is 1.35 bits per heavy atom. The fraction of sp³-hybridized carbons (Fsp3) is 0.467. The second-order valence-electron chi connectivity index (χ2n) is 4.71. The Balaban J connectivity index is 2.88. The van der Waals surface area contributed by atoms with Crippen molar-refractivity contribution in [3.05, 3.63) is 35.4 Å². The van der Waals surface area contributed by atoms with Crippen molar-refractivity contribution in [1.82, 2.24) is 4.90 Å². The van der Waals surface area contributed by atoms with Gasteiger partial charge in [0.1, 0.15) is 0 Å². The fourth-order valence-electron chi connectivity index (χ4n) is 1.99. The van der Waals surface area contributed by atoms with Gasteiger partial charge in [-0.3, -0.25) is 9.59 Å². The van der Waals surface area contributed by atoms with E-state index in [2.05, 4.69) is 4.74 Å². The van der Waals surface area contributed by atoms with Gasteiger partial charge < -0.3 is 14.7 Å². The van der Waals surface area contributed by atoms with Crippen LogP contribution in [-0.4, -0.2) is 48.7 Å². The Bertz CT molecular complexity index is 473. The van der Waals surface area contributed by atoms with Gasteiger partial charge in [0.2, 0.25) is 0 Å². The minimum Gasteiger partial charge on any atom is -0.469 e. The van der Waals surface area contributed by atoms with Crippen LogP contribution >= 0.6 is 0 Å². The summed E-state index contributed by atoms with van der Waals surface area (Å²) in [6.45, 7) is 3.82. The topological polar surface area (TPSA) is 66.8 Å². The van der Waals surface area contributed by atoms with Crippen LogP contribution in [0.2, 0.25) is 0 Å². The number of carbonyl (C=O) groups is 2. The highest BCUT2D eigenvalue weighted by Crippen LogP contribution is 2.12. The molecule has 0 heterocycles. The van der Waals surface area contributed by atoms with Gasteiger partial charge in [0.25, 0.3) is 5.91 Å². The van der Waals surface area contributed by atoms with E-state index in [1.54, 1.807) is 19.1 Å². The van der Waals surface area contributed by atoms with Gasteiger partial charge in [0, 0.05) is 18.7 Å². The smallest absolute Gasteiger partial charge is 0.310 e. The van der Waals surface area contributed by atoms with E-state index in [9.17, 15) is 9.59 Å². The SMILES string of the molecule is COC(=O)C(C)CN(CCO)C(=O)c1ccccc1C. The highest BCUT2D eigenvalue weighted by molar-refractivity contribution is 5.95. The molecule has 1 unspecified atom stereocenters. The van der Waals surface area contributed by atoms with Crippen molar-refractivity contribution in [3.8, 4) is 0 Å². The molecule has 0 radical (unpaired) electrons. The second kappa shape index (κ2) is 7.65. The van der Waals surface area contributed by atoms with Gasteiger partial charge in [0.15, 0.2) is 0 Å². The van der Waals surface area contributed by atoms with E-state index in [1.807, 2.05) is 19.1 Å². The summed E-state index contributed by atoms with van der Waals surface area (Å²) in [5.74, 6) is -0.988. The van der Waals surface area contributed by atoms with Gasteiger partial charge in [0.05, 0.1) is 19.6 Å². The number of rotatable bonds is 6. The number of ether oxygens (including phenoxy) is 1. The molecule has 0 aliphatic heterocycles. The summed E-state index contributed by atoms with van der Waals surface area (Å²) >= 11 is 0. The van der Waals surface area contributed by atoms with Crippen LogP contribution < -0.4 is 0 Å². The quantitative estimate of drug-likeness (QED) is 0.796. The molecule has 5 nitrogen and oxygen atoms in total. The second-order valence-corrected chi connectivity index (χ2v) is 4.71. The molecule has 0 aromatic heterocycles. The minimum absolute atomic E-state index is 0.147. The zero-order chi connectivity index (χ0) is 15.1. The largest absolute Gasteiger partial charge is 0.469 e. The van der Waals surface area contributed by atoms with Crippen molar-refractivity contribution >= 4 is 11.9 Å². The molecule has 1 N–H and O–H groups in total. The number of aliphatic hydroxyl groups is 1. The normalized spacial score (nSPS) is 11.8. The first-order chi connectivity index (χ1) is 9.51. The molecule has 0 spiro atoms. The highest BCUT2D eigenvalue weighted by atomic mass is 16.5. The molecule has 0 aliphatic carbocycles. The monoisotopic (exact) mass is 279 g/mol. The maximum absolute atomic E-state index is 12.5. The van der Waals surface area contributed by atoms with Crippen molar-refractivity contribution in [2.45, 2.75) is 13.8 Å². The number of esters is 1. The molecule has 0 saturated carbocycles. The van der Waals surface area contributed by atoms with E-state index in [4.69, 9.17) is 5.11 Å². The maximum atomic E-state index is 12.5. The standard InChI is InChI=1S/C15H21NO4/c1-11-6-4-5-7-13(11)14(18)16(8-9-17)10-12(2)15(19)20-3/h4-7,12,17H,8-10H2,1-3H3. The van der Waals surface area contributed by atoms with E-state index in [1.165, 1.54) is 12.0 Å². The number of benzene rings is 1. The third-order valence-electron chi connectivity index (χ3n) is 3.13. The number of hydrogen-bond acceptors (Lipinski definition) is 4. The van der Waals surface area contributed by atoms with Crippen molar-refractivity contribution < 1.29 is 19.4 Å². The molecule has 1 aromatic carbocycles. The Hall–Kier alpha value is -1.88. The fourth-order valence-corrected chi connectivity index (χ4v) is 1.99. The molecule has 0 bridgehead atoms. The van der Waals surface area contributed by atoms with Crippen LogP contribution in [0.1, 0.15) is 22.8 Å². The van der Waals surface area contributed by atoms with E-state index in [-0.39, 0.29) is 31.6 Å². The number of methoxy groups -OCH3 is 1. The van der Waals surface area contributed by atoms with Crippen LogP contribution in [0.4, 0.5) is 0 Å². The van der Waals surface area contributed by atoms with Gasteiger partial charge in [-0.05, 0) is 18.6 Å². The van der Waals surface area contributed by atoms with Crippen molar-refractivity contribution in [2.75, 3.05) is 26.8 Å². The average molecular weight is 279 g/mol. The summed E-state index contributed by atoms with van der Waals surface area (Å²) in [6.07, 6.45) is 0. The van der Waals surface area contributed by atoms with Crippen LogP contribution in [-0.2, 0) is 9.53 Å². The molecule has 0 fully saturated rings. The van der Waals surface area contributed by atoms with Gasteiger partial charge in [-0.15, -0.1) is 0 Å². The molecule has 20 heavy (non-hydrogen) atoms. The molecule has 1 aromatic rings. The summed E-state index contributed by atoms with van der Waals surface area (Å²) in [4.78, 5) is 25.4. The lowest BCUT2D eigenvalue weighted by Crippen LogP contribution is -2.39. The number of hydrogen-bond donors (Lipinski definition) is 1. The summed E-state index contributed by atoms with van der Waals surface area (Å²) in [5, 5.41) is 9.10. The number of aryl methyl sites for hydroxylation is 1. The number of amides is 1. The third-order valence-corrected chi connectivity index (χ3v) is 3.13. The summed E-state index contributed by atoms with van der Waals surface area (Å²) in [6, 6.07) is 7.25. The Kier molecular flexibility index (Phi) is 6.18.